The van der Waals surface area contributed by atoms with Gasteiger partial charge in [-0.3, -0.25) is 0 Å². The lowest BCUT2D eigenvalue weighted by Crippen LogP contribution is -2.23. The monoisotopic (exact) mass is 139 g/mol. The topological polar surface area (TPSA) is 12.0 Å². The lowest BCUT2D eigenvalue weighted by molar-refractivity contribution is 0.595. The highest BCUT2D eigenvalue weighted by Gasteiger charge is 1.87. The van der Waals surface area contributed by atoms with E-state index in [1.807, 2.05) is 6.08 Å². The lowest BCUT2D eigenvalue weighted by Gasteiger charge is -2.04. The third-order valence-corrected chi connectivity index (χ3v) is 1.14. The quantitative estimate of drug-likeness (QED) is 0.454. The summed E-state index contributed by atoms with van der Waals surface area (Å²) in [5, 5.41) is 3.32. The Kier molecular flexibility index (Phi) is 6.19. The van der Waals surface area contributed by atoms with Crippen molar-refractivity contribution < 1.29 is 0 Å². The van der Waals surface area contributed by atoms with Crippen molar-refractivity contribution in [3.05, 3.63) is 24.8 Å². The van der Waals surface area contributed by atoms with E-state index < -0.39 is 0 Å². The Morgan fingerprint density at radius 3 is 2.70 bits per heavy atom. The van der Waals surface area contributed by atoms with Gasteiger partial charge in [0, 0.05) is 6.04 Å². The molecule has 0 aromatic heterocycles. The van der Waals surface area contributed by atoms with Crippen LogP contribution in [0.4, 0.5) is 0 Å². The SMILES string of the molecule is C=C/C=C/CCNC(C)C. The summed E-state index contributed by atoms with van der Waals surface area (Å²) in [5.74, 6) is 0. The van der Waals surface area contributed by atoms with Crippen LogP contribution in [0.5, 0.6) is 0 Å². The van der Waals surface area contributed by atoms with E-state index >= 15 is 0 Å². The highest BCUT2D eigenvalue weighted by atomic mass is 14.9. The number of allylic oxidation sites excluding steroid dienone is 2. The third kappa shape index (κ3) is 7.44. The summed E-state index contributed by atoms with van der Waals surface area (Å²) in [7, 11) is 0. The number of hydrogen-bond donors (Lipinski definition) is 1. The van der Waals surface area contributed by atoms with Gasteiger partial charge in [0.05, 0.1) is 0 Å². The molecule has 0 saturated carbocycles. The maximum absolute atomic E-state index is 3.59. The molecule has 1 N–H and O–H groups in total. The molecule has 0 spiro atoms. The molecule has 0 aromatic rings. The fourth-order valence-electron chi connectivity index (χ4n) is 0.648. The Labute approximate surface area is 63.8 Å². The summed E-state index contributed by atoms with van der Waals surface area (Å²) in [4.78, 5) is 0. The minimum absolute atomic E-state index is 0.595. The molecular formula is C9H17N. The van der Waals surface area contributed by atoms with Gasteiger partial charge in [-0.1, -0.05) is 38.7 Å². The highest BCUT2D eigenvalue weighted by molar-refractivity contribution is 4.97. The Balaban J connectivity index is 3.04. The second-order valence-corrected chi connectivity index (χ2v) is 2.56. The van der Waals surface area contributed by atoms with E-state index in [0.29, 0.717) is 6.04 Å². The minimum atomic E-state index is 0.595. The van der Waals surface area contributed by atoms with Crippen LogP contribution in [0.1, 0.15) is 20.3 Å². The fourth-order valence-corrected chi connectivity index (χ4v) is 0.648. The van der Waals surface area contributed by atoms with Crippen molar-refractivity contribution >= 4 is 0 Å². The molecule has 58 valence electrons. The molecule has 0 bridgehead atoms. The predicted octanol–water partition coefficient (Wildman–Crippen LogP) is 2.12. The molecule has 0 amide bonds. The molecule has 1 heteroatoms. The van der Waals surface area contributed by atoms with Crippen LogP contribution in [-0.4, -0.2) is 12.6 Å². The lowest BCUT2D eigenvalue weighted by atomic mass is 10.3. The molecule has 0 aliphatic heterocycles. The minimum Gasteiger partial charge on any atom is -0.314 e. The van der Waals surface area contributed by atoms with Gasteiger partial charge in [0.1, 0.15) is 0 Å². The van der Waals surface area contributed by atoms with E-state index in [0.717, 1.165) is 13.0 Å². The molecule has 0 saturated heterocycles. The van der Waals surface area contributed by atoms with Crippen molar-refractivity contribution in [1.82, 2.24) is 5.32 Å². The average Bonchev–Trinajstić information content (AvgIpc) is 1.87. The van der Waals surface area contributed by atoms with Crippen LogP contribution in [0.2, 0.25) is 0 Å². The summed E-state index contributed by atoms with van der Waals surface area (Å²) in [5.41, 5.74) is 0. The van der Waals surface area contributed by atoms with Crippen LogP contribution in [0.15, 0.2) is 24.8 Å². The smallest absolute Gasteiger partial charge is 0.00105 e. The molecule has 0 unspecified atom stereocenters. The number of rotatable bonds is 5. The Bertz CT molecular complexity index is 103. The van der Waals surface area contributed by atoms with E-state index in [2.05, 4.69) is 31.8 Å². The molecule has 0 atom stereocenters. The third-order valence-electron chi connectivity index (χ3n) is 1.14. The summed E-state index contributed by atoms with van der Waals surface area (Å²) in [6, 6.07) is 0.595. The largest absolute Gasteiger partial charge is 0.314 e. The normalized spacial score (nSPS) is 11.1. The first-order valence-electron chi connectivity index (χ1n) is 3.78. The molecule has 0 aliphatic rings. The van der Waals surface area contributed by atoms with E-state index in [9.17, 15) is 0 Å². The van der Waals surface area contributed by atoms with Crippen LogP contribution < -0.4 is 5.32 Å². The van der Waals surface area contributed by atoms with Gasteiger partial charge in [-0.2, -0.15) is 0 Å². The first-order chi connectivity index (χ1) is 4.77. The molecule has 0 heterocycles. The van der Waals surface area contributed by atoms with Crippen LogP contribution in [0.3, 0.4) is 0 Å². The Hall–Kier alpha value is -0.560. The second-order valence-electron chi connectivity index (χ2n) is 2.56. The first kappa shape index (κ1) is 9.44. The summed E-state index contributed by atoms with van der Waals surface area (Å²) >= 11 is 0. The molecule has 10 heavy (non-hydrogen) atoms. The van der Waals surface area contributed by atoms with Gasteiger partial charge in [0.15, 0.2) is 0 Å². The number of hydrogen-bond acceptors (Lipinski definition) is 1. The van der Waals surface area contributed by atoms with Gasteiger partial charge >= 0.3 is 0 Å². The van der Waals surface area contributed by atoms with Crippen molar-refractivity contribution in [2.24, 2.45) is 0 Å². The van der Waals surface area contributed by atoms with Crippen molar-refractivity contribution in [2.45, 2.75) is 26.3 Å². The maximum atomic E-state index is 3.59. The Morgan fingerprint density at radius 2 is 2.20 bits per heavy atom. The van der Waals surface area contributed by atoms with Gasteiger partial charge in [-0.25, -0.2) is 0 Å². The van der Waals surface area contributed by atoms with Crippen LogP contribution >= 0.6 is 0 Å². The average molecular weight is 139 g/mol. The molecule has 0 rings (SSSR count). The van der Waals surface area contributed by atoms with Crippen LogP contribution in [0.25, 0.3) is 0 Å². The fraction of sp³-hybridized carbons (Fsp3) is 0.556. The molecule has 0 fully saturated rings. The summed E-state index contributed by atoms with van der Waals surface area (Å²) in [6.45, 7) is 8.94. The van der Waals surface area contributed by atoms with Crippen molar-refractivity contribution in [3.8, 4) is 0 Å². The summed E-state index contributed by atoms with van der Waals surface area (Å²) in [6.07, 6.45) is 6.98. The van der Waals surface area contributed by atoms with Crippen molar-refractivity contribution in [2.75, 3.05) is 6.54 Å². The van der Waals surface area contributed by atoms with E-state index in [4.69, 9.17) is 0 Å². The van der Waals surface area contributed by atoms with Gasteiger partial charge in [-0.05, 0) is 13.0 Å². The molecule has 0 aromatic carbocycles. The van der Waals surface area contributed by atoms with E-state index in [-0.39, 0.29) is 0 Å². The molecule has 1 nitrogen and oxygen atoms in total. The standard InChI is InChI=1S/C9H17N/c1-4-5-6-7-8-10-9(2)3/h4-6,9-10H,1,7-8H2,2-3H3/b6-5+. The molecule has 0 aliphatic carbocycles. The van der Waals surface area contributed by atoms with Gasteiger partial charge in [0.2, 0.25) is 0 Å². The highest BCUT2D eigenvalue weighted by Crippen LogP contribution is 1.83. The predicted molar refractivity (Wildman–Crippen MR) is 47.1 cm³/mol. The van der Waals surface area contributed by atoms with Crippen molar-refractivity contribution in [1.29, 1.82) is 0 Å². The molecule has 0 radical (unpaired) electrons. The van der Waals surface area contributed by atoms with Crippen LogP contribution in [0, 0.1) is 0 Å². The van der Waals surface area contributed by atoms with Gasteiger partial charge < -0.3 is 5.32 Å². The second kappa shape index (κ2) is 6.56. The van der Waals surface area contributed by atoms with E-state index in [1.54, 1.807) is 6.08 Å². The Morgan fingerprint density at radius 1 is 1.50 bits per heavy atom. The first-order valence-corrected chi connectivity index (χ1v) is 3.78. The zero-order chi connectivity index (χ0) is 7.82. The zero-order valence-corrected chi connectivity index (χ0v) is 6.93. The zero-order valence-electron chi connectivity index (χ0n) is 6.93. The maximum Gasteiger partial charge on any atom is 0.00105 e. The summed E-state index contributed by atoms with van der Waals surface area (Å²) < 4.78 is 0. The van der Waals surface area contributed by atoms with Gasteiger partial charge in [-0.15, -0.1) is 0 Å². The van der Waals surface area contributed by atoms with E-state index in [1.165, 1.54) is 0 Å². The molecular weight excluding hydrogens is 122 g/mol. The van der Waals surface area contributed by atoms with Crippen molar-refractivity contribution in [3.63, 3.8) is 0 Å². The van der Waals surface area contributed by atoms with Gasteiger partial charge in [0.25, 0.3) is 0 Å². The van der Waals surface area contributed by atoms with Crippen LogP contribution in [-0.2, 0) is 0 Å². The number of nitrogens with one attached hydrogen (secondary N) is 1.